The van der Waals surface area contributed by atoms with Crippen LogP contribution in [0.15, 0.2) is 64.8 Å². The monoisotopic (exact) mass is 460 g/mol. The molecule has 0 aliphatic carbocycles. The summed E-state index contributed by atoms with van der Waals surface area (Å²) in [5.41, 5.74) is 2.91. The largest absolute Gasteiger partial charge is 0.484 e. The Bertz CT molecular complexity index is 1310. The summed E-state index contributed by atoms with van der Waals surface area (Å²) in [6.45, 7) is 1.69. The molecule has 2 aromatic carbocycles. The van der Waals surface area contributed by atoms with Gasteiger partial charge in [0, 0.05) is 30.5 Å². The molecule has 1 aliphatic heterocycles. The number of carbonyl (C=O) groups is 1. The number of benzene rings is 2. The number of rotatable bonds is 6. The third-order valence-corrected chi connectivity index (χ3v) is 6.60. The van der Waals surface area contributed by atoms with E-state index in [0.717, 1.165) is 42.8 Å². The van der Waals surface area contributed by atoms with E-state index in [4.69, 9.17) is 4.74 Å². The van der Waals surface area contributed by atoms with Crippen LogP contribution in [0.4, 0.5) is 0 Å². The van der Waals surface area contributed by atoms with E-state index < -0.39 is 0 Å². The molecule has 168 valence electrons. The van der Waals surface area contributed by atoms with Crippen LogP contribution in [-0.2, 0) is 11.2 Å². The van der Waals surface area contributed by atoms with E-state index >= 15 is 0 Å². The first-order chi connectivity index (χ1) is 16.2. The molecule has 0 saturated carbocycles. The van der Waals surface area contributed by atoms with Crippen LogP contribution >= 0.6 is 11.3 Å². The average molecular weight is 461 g/mol. The lowest BCUT2D eigenvalue weighted by Gasteiger charge is -2.26. The van der Waals surface area contributed by atoms with E-state index in [-0.39, 0.29) is 18.1 Å². The van der Waals surface area contributed by atoms with E-state index in [1.54, 1.807) is 4.52 Å². The van der Waals surface area contributed by atoms with Crippen molar-refractivity contribution in [2.75, 3.05) is 19.7 Å². The van der Waals surface area contributed by atoms with Crippen LogP contribution in [-0.4, -0.2) is 45.1 Å². The minimum Gasteiger partial charge on any atom is -0.484 e. The Labute approximate surface area is 195 Å². The Kier molecular flexibility index (Phi) is 6.17. The molecule has 2 aromatic heterocycles. The summed E-state index contributed by atoms with van der Waals surface area (Å²) < 4.78 is 7.44. The van der Waals surface area contributed by atoms with Gasteiger partial charge >= 0.3 is 0 Å². The second-order valence-electron chi connectivity index (χ2n) is 8.10. The number of thiazole rings is 1. The summed E-state index contributed by atoms with van der Waals surface area (Å²) in [5.74, 6) is 0.680. The van der Waals surface area contributed by atoms with Crippen LogP contribution in [0.2, 0.25) is 0 Å². The van der Waals surface area contributed by atoms with Gasteiger partial charge in [-0.3, -0.25) is 9.59 Å². The van der Waals surface area contributed by atoms with Crippen LogP contribution in [0.25, 0.3) is 16.2 Å². The van der Waals surface area contributed by atoms with Crippen molar-refractivity contribution in [1.82, 2.24) is 19.5 Å². The zero-order valence-corrected chi connectivity index (χ0v) is 19.0. The lowest BCUT2D eigenvalue weighted by Crippen LogP contribution is -2.38. The van der Waals surface area contributed by atoms with Gasteiger partial charge in [-0.2, -0.15) is 10.1 Å². The second kappa shape index (κ2) is 9.54. The topological polar surface area (TPSA) is 76.8 Å². The first kappa shape index (κ1) is 21.3. The number of aromatic nitrogens is 3. The molecule has 1 fully saturated rings. The number of hydrogen-bond acceptors (Lipinski definition) is 6. The zero-order valence-electron chi connectivity index (χ0n) is 18.1. The Morgan fingerprint density at radius 1 is 1.00 bits per heavy atom. The minimum absolute atomic E-state index is 0.0350. The summed E-state index contributed by atoms with van der Waals surface area (Å²) in [4.78, 5) is 31.4. The van der Waals surface area contributed by atoms with E-state index in [1.807, 2.05) is 64.9 Å². The van der Waals surface area contributed by atoms with Gasteiger partial charge in [0.25, 0.3) is 11.5 Å². The summed E-state index contributed by atoms with van der Waals surface area (Å²) >= 11 is 1.38. The van der Waals surface area contributed by atoms with Crippen molar-refractivity contribution in [2.24, 2.45) is 0 Å². The SMILES string of the molecule is O=C(COc1ccc(-c2csc3nc(=O)c(Cc4ccccc4)nn23)cc1)N1CCCCC1. The predicted octanol–water partition coefficient (Wildman–Crippen LogP) is 3.80. The van der Waals surface area contributed by atoms with Gasteiger partial charge in [0.2, 0.25) is 4.96 Å². The van der Waals surface area contributed by atoms with Gasteiger partial charge in [0.1, 0.15) is 11.4 Å². The summed E-state index contributed by atoms with van der Waals surface area (Å²) in [7, 11) is 0. The summed E-state index contributed by atoms with van der Waals surface area (Å²) in [6.07, 6.45) is 3.76. The predicted molar refractivity (Wildman–Crippen MR) is 128 cm³/mol. The normalized spacial score (nSPS) is 13.9. The number of piperidine rings is 1. The fourth-order valence-electron chi connectivity index (χ4n) is 3.99. The van der Waals surface area contributed by atoms with Crippen LogP contribution in [0.5, 0.6) is 5.75 Å². The van der Waals surface area contributed by atoms with E-state index in [0.29, 0.717) is 22.8 Å². The number of carbonyl (C=O) groups excluding carboxylic acids is 1. The summed E-state index contributed by atoms with van der Waals surface area (Å²) in [5, 5.41) is 6.55. The maximum atomic E-state index is 12.4. The number of hydrogen-bond donors (Lipinski definition) is 0. The Hall–Kier alpha value is -3.52. The average Bonchev–Trinajstić information content (AvgIpc) is 3.26. The number of ether oxygens (including phenoxy) is 1. The maximum Gasteiger partial charge on any atom is 0.296 e. The molecule has 0 radical (unpaired) electrons. The minimum atomic E-state index is -0.297. The molecule has 33 heavy (non-hydrogen) atoms. The molecule has 0 atom stereocenters. The van der Waals surface area contributed by atoms with E-state index in [9.17, 15) is 9.59 Å². The first-order valence-electron chi connectivity index (χ1n) is 11.1. The van der Waals surface area contributed by atoms with Gasteiger partial charge in [-0.1, -0.05) is 30.3 Å². The van der Waals surface area contributed by atoms with Crippen LogP contribution < -0.4 is 10.3 Å². The smallest absolute Gasteiger partial charge is 0.296 e. The van der Waals surface area contributed by atoms with Crippen molar-refractivity contribution in [2.45, 2.75) is 25.7 Å². The lowest BCUT2D eigenvalue weighted by molar-refractivity contribution is -0.134. The molecule has 0 spiro atoms. The zero-order chi connectivity index (χ0) is 22.6. The molecule has 3 heterocycles. The molecule has 4 aromatic rings. The van der Waals surface area contributed by atoms with Gasteiger partial charge in [-0.25, -0.2) is 4.52 Å². The highest BCUT2D eigenvalue weighted by atomic mass is 32.1. The number of nitrogens with zero attached hydrogens (tertiary/aromatic N) is 4. The van der Waals surface area contributed by atoms with Gasteiger partial charge in [0.05, 0.1) is 5.69 Å². The molecule has 1 amide bonds. The first-order valence-corrected chi connectivity index (χ1v) is 12.0. The van der Waals surface area contributed by atoms with Crippen molar-refractivity contribution in [3.05, 3.63) is 81.6 Å². The molecule has 1 saturated heterocycles. The van der Waals surface area contributed by atoms with Crippen molar-refractivity contribution in [3.8, 4) is 17.0 Å². The van der Waals surface area contributed by atoms with Gasteiger partial charge < -0.3 is 9.64 Å². The molecule has 0 N–H and O–H groups in total. The van der Waals surface area contributed by atoms with E-state index in [2.05, 4.69) is 10.1 Å². The van der Waals surface area contributed by atoms with Gasteiger partial charge in [0.15, 0.2) is 6.61 Å². The van der Waals surface area contributed by atoms with Crippen molar-refractivity contribution in [3.63, 3.8) is 0 Å². The molecule has 0 bridgehead atoms. The molecule has 8 heteroatoms. The number of amides is 1. The Morgan fingerprint density at radius 2 is 1.76 bits per heavy atom. The molecule has 0 unspecified atom stereocenters. The third kappa shape index (κ3) is 4.80. The molecule has 7 nitrogen and oxygen atoms in total. The van der Waals surface area contributed by atoms with Gasteiger partial charge in [-0.15, -0.1) is 11.3 Å². The standard InChI is InChI=1S/C25H24N4O3S/c30-23(28-13-5-2-6-14-28)16-32-20-11-9-19(10-12-20)22-17-33-25-26-24(31)21(27-29(22)25)15-18-7-3-1-4-8-18/h1,3-4,7-12,17H,2,5-6,13-16H2. The van der Waals surface area contributed by atoms with Crippen molar-refractivity contribution < 1.29 is 9.53 Å². The summed E-state index contributed by atoms with van der Waals surface area (Å²) in [6, 6.07) is 17.3. The highest BCUT2D eigenvalue weighted by Gasteiger charge is 2.17. The molecular formula is C25H24N4O3S. The third-order valence-electron chi connectivity index (χ3n) is 5.79. The van der Waals surface area contributed by atoms with Crippen LogP contribution in [0.3, 0.4) is 0 Å². The molecule has 5 rings (SSSR count). The van der Waals surface area contributed by atoms with Crippen LogP contribution in [0.1, 0.15) is 30.5 Å². The molecular weight excluding hydrogens is 436 g/mol. The number of fused-ring (bicyclic) bond motifs is 1. The Balaban J connectivity index is 1.33. The van der Waals surface area contributed by atoms with E-state index in [1.165, 1.54) is 17.8 Å². The Morgan fingerprint density at radius 3 is 2.52 bits per heavy atom. The number of likely N-dealkylation sites (tertiary alicyclic amines) is 1. The molecule has 1 aliphatic rings. The highest BCUT2D eigenvalue weighted by molar-refractivity contribution is 7.15. The maximum absolute atomic E-state index is 12.4. The van der Waals surface area contributed by atoms with Crippen LogP contribution in [0, 0.1) is 0 Å². The quantitative estimate of drug-likeness (QED) is 0.437. The second-order valence-corrected chi connectivity index (χ2v) is 8.93. The highest BCUT2D eigenvalue weighted by Crippen LogP contribution is 2.26. The van der Waals surface area contributed by atoms with Crippen molar-refractivity contribution in [1.29, 1.82) is 0 Å². The van der Waals surface area contributed by atoms with Gasteiger partial charge in [-0.05, 0) is 49.1 Å². The van der Waals surface area contributed by atoms with Crippen molar-refractivity contribution >= 4 is 22.2 Å². The lowest BCUT2D eigenvalue weighted by atomic mass is 10.1. The fourth-order valence-corrected chi connectivity index (χ4v) is 4.82. The fraction of sp³-hybridized carbons (Fsp3) is 0.280.